The zero-order valence-corrected chi connectivity index (χ0v) is 13.7. The van der Waals surface area contributed by atoms with E-state index >= 15 is 0 Å². The molecule has 0 saturated carbocycles. The summed E-state index contributed by atoms with van der Waals surface area (Å²) in [5.74, 6) is -0.411. The fraction of sp³-hybridized carbons (Fsp3) is 0.278. The molecule has 1 aromatic carbocycles. The van der Waals surface area contributed by atoms with Gasteiger partial charge in [0.15, 0.2) is 23.7 Å². The smallest absolute Gasteiger partial charge is 0.303 e. The molecule has 1 fully saturated rings. The number of amides is 3. The van der Waals surface area contributed by atoms with Crippen LogP contribution < -0.4 is 0 Å². The van der Waals surface area contributed by atoms with Crippen LogP contribution in [0.3, 0.4) is 0 Å². The second-order valence-corrected chi connectivity index (χ2v) is 5.94. The molecule has 2 unspecified atom stereocenters. The van der Waals surface area contributed by atoms with Gasteiger partial charge in [-0.15, -0.1) is 0 Å². The summed E-state index contributed by atoms with van der Waals surface area (Å²) in [5.41, 5.74) is -2.78. The summed E-state index contributed by atoms with van der Waals surface area (Å²) in [7, 11) is 0. The number of benzene rings is 1. The normalized spacial score (nSPS) is 24.4. The Hall–Kier alpha value is -3.09. The number of allylic oxidation sites excluding steroid dienone is 1. The molecule has 0 N–H and O–H groups in total. The van der Waals surface area contributed by atoms with Gasteiger partial charge < -0.3 is 14.5 Å². The molecule has 25 heavy (non-hydrogen) atoms. The van der Waals surface area contributed by atoms with E-state index in [1.807, 2.05) is 0 Å². The van der Waals surface area contributed by atoms with Crippen LogP contribution in [-0.4, -0.2) is 59.2 Å². The van der Waals surface area contributed by atoms with Crippen molar-refractivity contribution in [1.29, 1.82) is 0 Å². The zero-order valence-electron chi connectivity index (χ0n) is 13.7. The monoisotopic (exact) mass is 339 g/mol. The van der Waals surface area contributed by atoms with Crippen molar-refractivity contribution in [3.8, 4) is 0 Å². The first kappa shape index (κ1) is 16.8. The average molecular weight is 339 g/mol. The molecule has 7 nitrogen and oxygen atoms in total. The highest BCUT2D eigenvalue weighted by Crippen LogP contribution is 2.43. The van der Waals surface area contributed by atoms with Crippen LogP contribution in [0.5, 0.6) is 0 Å². The first-order valence-corrected chi connectivity index (χ1v) is 7.83. The van der Waals surface area contributed by atoms with Gasteiger partial charge in [0.05, 0.1) is 0 Å². The number of aldehydes is 2. The van der Waals surface area contributed by atoms with Crippen LogP contribution in [0.2, 0.25) is 0 Å². The fourth-order valence-corrected chi connectivity index (χ4v) is 3.46. The molecule has 7 heteroatoms. The number of urea groups is 1. The van der Waals surface area contributed by atoms with Crippen LogP contribution in [0.25, 0.3) is 0 Å². The van der Waals surface area contributed by atoms with E-state index in [0.717, 1.165) is 4.90 Å². The van der Waals surface area contributed by atoms with Crippen LogP contribution in [0.15, 0.2) is 47.5 Å². The number of rotatable bonds is 5. The van der Waals surface area contributed by atoms with Gasteiger partial charge in [-0.05, 0) is 17.7 Å². The summed E-state index contributed by atoms with van der Waals surface area (Å²) in [5, 5.41) is 0. The first-order chi connectivity index (χ1) is 12.0. The molecular weight excluding hydrogens is 322 g/mol. The topological polar surface area (TPSA) is 87.1 Å². The van der Waals surface area contributed by atoms with Gasteiger partial charge in [-0.1, -0.05) is 30.3 Å². The third-order valence-electron chi connectivity index (χ3n) is 4.71. The van der Waals surface area contributed by atoms with Crippen molar-refractivity contribution in [2.24, 2.45) is 4.99 Å². The molecule has 3 amide bonds. The average Bonchev–Trinajstić information content (AvgIpc) is 3.26. The van der Waals surface area contributed by atoms with Gasteiger partial charge in [-0.3, -0.25) is 14.7 Å². The molecule has 2 heterocycles. The molecule has 128 valence electrons. The van der Waals surface area contributed by atoms with Gasteiger partial charge in [-0.25, -0.2) is 4.79 Å². The Labute approximate surface area is 144 Å². The molecule has 0 aromatic heterocycles. The van der Waals surface area contributed by atoms with Gasteiger partial charge in [0.1, 0.15) is 0 Å². The van der Waals surface area contributed by atoms with Gasteiger partial charge in [0.2, 0.25) is 5.91 Å². The predicted molar refractivity (Wildman–Crippen MR) is 90.1 cm³/mol. The Balaban J connectivity index is 2.24. The second kappa shape index (κ2) is 6.08. The van der Waals surface area contributed by atoms with E-state index in [-0.39, 0.29) is 13.1 Å². The number of carbonyl (C=O) groups excluding carboxylic acids is 4. The van der Waals surface area contributed by atoms with Crippen molar-refractivity contribution >= 4 is 30.7 Å². The molecule has 2 aliphatic heterocycles. The van der Waals surface area contributed by atoms with Gasteiger partial charge in [0, 0.05) is 26.2 Å². The highest BCUT2D eigenvalue weighted by Gasteiger charge is 2.60. The van der Waals surface area contributed by atoms with E-state index in [9.17, 15) is 19.2 Å². The van der Waals surface area contributed by atoms with Crippen LogP contribution in [0.4, 0.5) is 4.79 Å². The largest absolute Gasteiger partial charge is 0.328 e. The number of hydrogen-bond acceptors (Lipinski definition) is 5. The minimum absolute atomic E-state index is 0.130. The molecule has 3 rings (SSSR count). The summed E-state index contributed by atoms with van der Waals surface area (Å²) >= 11 is 0. The molecular formula is C18H17N3O4. The van der Waals surface area contributed by atoms with Gasteiger partial charge >= 0.3 is 6.03 Å². The van der Waals surface area contributed by atoms with E-state index < -0.39 is 23.0 Å². The zero-order chi connectivity index (χ0) is 18.1. The maximum absolute atomic E-state index is 12.8. The Bertz CT molecular complexity index is 775. The summed E-state index contributed by atoms with van der Waals surface area (Å²) in [6.45, 7) is 1.57. The van der Waals surface area contributed by atoms with Crippen molar-refractivity contribution in [2.45, 2.75) is 18.0 Å². The Kier molecular flexibility index (Phi) is 4.08. The minimum atomic E-state index is -1.67. The molecule has 0 aliphatic carbocycles. The lowest BCUT2D eigenvalue weighted by Gasteiger charge is -2.44. The number of nitrogens with zero attached hydrogens (tertiary/aromatic N) is 3. The minimum Gasteiger partial charge on any atom is -0.303 e. The highest BCUT2D eigenvalue weighted by molar-refractivity contribution is 5.99. The maximum atomic E-state index is 12.8. The van der Waals surface area contributed by atoms with Crippen LogP contribution >= 0.6 is 0 Å². The molecule has 0 bridgehead atoms. The van der Waals surface area contributed by atoms with E-state index in [2.05, 4.69) is 4.99 Å². The third kappa shape index (κ3) is 2.23. The number of hydrogen-bond donors (Lipinski definition) is 0. The SMILES string of the molecule is CC(=O)N1CCN(C(C=O)(c2ccccc2)C2(C=O)C=CC=N2)C1=O. The lowest BCUT2D eigenvalue weighted by molar-refractivity contribution is -0.127. The lowest BCUT2D eigenvalue weighted by Crippen LogP contribution is -2.63. The molecule has 0 spiro atoms. The van der Waals surface area contributed by atoms with Crippen LogP contribution in [0, 0.1) is 0 Å². The summed E-state index contributed by atoms with van der Waals surface area (Å²) < 4.78 is 0. The highest BCUT2D eigenvalue weighted by atomic mass is 16.2. The van der Waals surface area contributed by atoms with Gasteiger partial charge in [0.25, 0.3) is 0 Å². The molecule has 2 aliphatic rings. The number of carbonyl (C=O) groups is 4. The third-order valence-corrected chi connectivity index (χ3v) is 4.71. The summed E-state index contributed by atoms with van der Waals surface area (Å²) in [6.07, 6.45) is 5.65. The first-order valence-electron chi connectivity index (χ1n) is 7.83. The Morgan fingerprint density at radius 1 is 1.24 bits per heavy atom. The maximum Gasteiger partial charge on any atom is 0.328 e. The summed E-state index contributed by atoms with van der Waals surface area (Å²) in [4.78, 5) is 55.5. The Morgan fingerprint density at radius 2 is 1.96 bits per heavy atom. The molecule has 1 aromatic rings. The lowest BCUT2D eigenvalue weighted by atomic mass is 9.73. The van der Waals surface area contributed by atoms with Crippen molar-refractivity contribution in [1.82, 2.24) is 9.80 Å². The van der Waals surface area contributed by atoms with E-state index in [1.54, 1.807) is 36.4 Å². The van der Waals surface area contributed by atoms with Crippen molar-refractivity contribution in [3.63, 3.8) is 0 Å². The predicted octanol–water partition coefficient (Wildman–Crippen LogP) is 0.943. The quantitative estimate of drug-likeness (QED) is 0.747. The molecule has 0 radical (unpaired) electrons. The molecule has 2 atom stereocenters. The van der Waals surface area contributed by atoms with E-state index in [0.29, 0.717) is 18.1 Å². The van der Waals surface area contributed by atoms with Crippen molar-refractivity contribution in [3.05, 3.63) is 48.0 Å². The summed E-state index contributed by atoms with van der Waals surface area (Å²) in [6, 6.07) is 7.94. The van der Waals surface area contributed by atoms with Crippen LogP contribution in [-0.2, 0) is 19.9 Å². The van der Waals surface area contributed by atoms with E-state index in [4.69, 9.17) is 0 Å². The van der Waals surface area contributed by atoms with Gasteiger partial charge in [-0.2, -0.15) is 0 Å². The molecule has 1 saturated heterocycles. The van der Waals surface area contributed by atoms with Crippen LogP contribution in [0.1, 0.15) is 12.5 Å². The van der Waals surface area contributed by atoms with Crippen molar-refractivity contribution < 1.29 is 19.2 Å². The fourth-order valence-electron chi connectivity index (χ4n) is 3.46. The van der Waals surface area contributed by atoms with E-state index in [1.165, 1.54) is 24.1 Å². The second-order valence-electron chi connectivity index (χ2n) is 5.94. The number of aliphatic imine (C=N–C) groups is 1. The Morgan fingerprint density at radius 3 is 2.44 bits per heavy atom. The van der Waals surface area contributed by atoms with Crippen molar-refractivity contribution in [2.75, 3.05) is 13.1 Å². The standard InChI is InChI=1S/C18H17N3O4/c1-14(24)20-10-11-21(16(20)25)18(13-23,15-6-3-2-4-7-15)17(12-22)8-5-9-19-17/h2-9,12-13H,10-11H2,1H3. The number of imide groups is 1.